The Labute approximate surface area is 200 Å². The number of ether oxygens (including phenoxy) is 4. The number of cyclic esters (lactones) is 1. The molecule has 0 bridgehead atoms. The Hall–Kier alpha value is -3.19. The molecule has 5 atom stereocenters. The summed E-state index contributed by atoms with van der Waals surface area (Å²) in [7, 11) is 1.45. The van der Waals surface area contributed by atoms with E-state index in [1.807, 2.05) is 0 Å². The quantitative estimate of drug-likeness (QED) is 0.241. The van der Waals surface area contributed by atoms with Crippen LogP contribution >= 0.6 is 0 Å². The molecule has 2 aliphatic heterocycles. The van der Waals surface area contributed by atoms with E-state index in [2.05, 4.69) is 0 Å². The van der Waals surface area contributed by atoms with E-state index < -0.39 is 48.6 Å². The molecular weight excluding hydrogens is 468 g/mol. The molecule has 0 unspecified atom stereocenters. The highest BCUT2D eigenvalue weighted by atomic mass is 16.7. The molecule has 0 amide bonds. The number of aliphatic carboxylic acids is 1. The predicted molar refractivity (Wildman–Crippen MR) is 116 cm³/mol. The summed E-state index contributed by atoms with van der Waals surface area (Å²) in [6.45, 7) is 3.56. The maximum absolute atomic E-state index is 12.2. The molecule has 192 valence electrons. The highest BCUT2D eigenvalue weighted by molar-refractivity contribution is 5.98. The van der Waals surface area contributed by atoms with Crippen molar-refractivity contribution in [2.24, 2.45) is 0 Å². The Morgan fingerprint density at radius 1 is 1.14 bits per heavy atom. The second kappa shape index (κ2) is 10.6. The Kier molecular flexibility index (Phi) is 8.00. The monoisotopic (exact) mass is 496 g/mol. The van der Waals surface area contributed by atoms with Gasteiger partial charge in [-0.25, -0.2) is 9.59 Å². The lowest BCUT2D eigenvalue weighted by Crippen LogP contribution is -2.60. The van der Waals surface area contributed by atoms with Crippen molar-refractivity contribution in [1.82, 2.24) is 0 Å². The number of carbonyl (C=O) groups is 3. The first-order chi connectivity index (χ1) is 16.5. The number of esters is 2. The third-order valence-electron chi connectivity index (χ3n) is 6.09. The molecule has 1 fully saturated rings. The SMILES string of the molecule is COc1c(C)c2c(c(O)c1C/C=C(\C)CCC(=O)O[C@@H]1O[C@@H](C(=O)O)[C@@H](O)[C@@H](O)[C@@H]1O)C(=O)OC2. The molecule has 12 nitrogen and oxygen atoms in total. The van der Waals surface area contributed by atoms with Crippen LogP contribution in [-0.2, 0) is 36.8 Å². The summed E-state index contributed by atoms with van der Waals surface area (Å²) in [6.07, 6.45) is -7.23. The smallest absolute Gasteiger partial charge is 0.342 e. The highest BCUT2D eigenvalue weighted by Gasteiger charge is 2.48. The summed E-state index contributed by atoms with van der Waals surface area (Å²) < 4.78 is 20.3. The van der Waals surface area contributed by atoms with Gasteiger partial charge in [0.25, 0.3) is 0 Å². The van der Waals surface area contributed by atoms with E-state index in [-0.39, 0.29) is 37.2 Å². The lowest BCUT2D eigenvalue weighted by atomic mass is 9.94. The van der Waals surface area contributed by atoms with Crippen LogP contribution in [0.25, 0.3) is 0 Å². The highest BCUT2D eigenvalue weighted by Crippen LogP contribution is 2.42. The minimum Gasteiger partial charge on any atom is -0.507 e. The number of aromatic hydroxyl groups is 1. The zero-order valence-electron chi connectivity index (χ0n) is 19.4. The molecule has 1 aromatic carbocycles. The minimum absolute atomic E-state index is 0.0593. The summed E-state index contributed by atoms with van der Waals surface area (Å²) >= 11 is 0. The van der Waals surface area contributed by atoms with Gasteiger partial charge in [0, 0.05) is 17.5 Å². The van der Waals surface area contributed by atoms with Crippen LogP contribution in [0, 0.1) is 6.92 Å². The number of phenolic OH excluding ortho intramolecular Hbond substituents is 1. The molecule has 2 aliphatic rings. The van der Waals surface area contributed by atoms with Crippen molar-refractivity contribution >= 4 is 17.9 Å². The van der Waals surface area contributed by atoms with E-state index in [0.29, 0.717) is 22.4 Å². The number of aliphatic hydroxyl groups excluding tert-OH is 3. The van der Waals surface area contributed by atoms with Crippen LogP contribution in [0.3, 0.4) is 0 Å². The van der Waals surface area contributed by atoms with E-state index in [9.17, 15) is 34.8 Å². The van der Waals surface area contributed by atoms with Crippen molar-refractivity contribution in [3.63, 3.8) is 0 Å². The number of benzene rings is 1. The second-order valence-electron chi connectivity index (χ2n) is 8.39. The van der Waals surface area contributed by atoms with Gasteiger partial charge in [0.1, 0.15) is 42.0 Å². The molecule has 2 heterocycles. The number of hydrogen-bond acceptors (Lipinski definition) is 11. The van der Waals surface area contributed by atoms with Crippen LogP contribution in [0.5, 0.6) is 11.5 Å². The fraction of sp³-hybridized carbons (Fsp3) is 0.522. The number of carbonyl (C=O) groups excluding carboxylic acids is 2. The largest absolute Gasteiger partial charge is 0.507 e. The number of aliphatic hydroxyl groups is 3. The number of fused-ring (bicyclic) bond motifs is 1. The van der Waals surface area contributed by atoms with Gasteiger partial charge in [-0.1, -0.05) is 11.6 Å². The van der Waals surface area contributed by atoms with Crippen molar-refractivity contribution in [3.05, 3.63) is 33.9 Å². The molecule has 0 aliphatic carbocycles. The standard InChI is InChI=1S/C23H28O12/c1-9(4-6-11-15(25)14-12(8-33-22(14)31)10(2)19(11)32-3)5-7-13(24)34-23-18(28)16(26)17(27)20(35-23)21(29)30/h4,16-18,20,23,25-28H,5-8H2,1-3H3,(H,29,30)/b9-4+/t16-,17+,18+,20-,23-/m1/s1. The number of rotatable bonds is 8. The van der Waals surface area contributed by atoms with Crippen molar-refractivity contribution in [2.75, 3.05) is 7.11 Å². The van der Waals surface area contributed by atoms with Crippen molar-refractivity contribution in [1.29, 1.82) is 0 Å². The fourth-order valence-electron chi connectivity index (χ4n) is 4.04. The van der Waals surface area contributed by atoms with Crippen molar-refractivity contribution < 1.29 is 58.9 Å². The van der Waals surface area contributed by atoms with Gasteiger partial charge in [-0.05, 0) is 32.3 Å². The molecule has 0 spiro atoms. The average molecular weight is 496 g/mol. The van der Waals surface area contributed by atoms with E-state index in [4.69, 9.17) is 24.1 Å². The van der Waals surface area contributed by atoms with Gasteiger partial charge in [0.15, 0.2) is 6.10 Å². The van der Waals surface area contributed by atoms with Gasteiger partial charge in [0.05, 0.1) is 7.11 Å². The number of allylic oxidation sites excluding steroid dienone is 2. The average Bonchev–Trinajstić information content (AvgIpc) is 3.21. The van der Waals surface area contributed by atoms with Gasteiger partial charge in [0.2, 0.25) is 6.29 Å². The summed E-state index contributed by atoms with van der Waals surface area (Å²) in [4.78, 5) is 35.4. The number of phenols is 1. The lowest BCUT2D eigenvalue weighted by Gasteiger charge is -2.37. The fourth-order valence-corrected chi connectivity index (χ4v) is 4.04. The Bertz CT molecular complexity index is 1050. The van der Waals surface area contributed by atoms with Gasteiger partial charge in [-0.2, -0.15) is 0 Å². The summed E-state index contributed by atoms with van der Waals surface area (Å²) in [5, 5.41) is 49.1. The van der Waals surface area contributed by atoms with Gasteiger partial charge < -0.3 is 44.5 Å². The molecule has 1 saturated heterocycles. The van der Waals surface area contributed by atoms with Gasteiger partial charge in [-0.3, -0.25) is 4.79 Å². The first kappa shape index (κ1) is 26.4. The number of hydrogen-bond donors (Lipinski definition) is 5. The first-order valence-electron chi connectivity index (χ1n) is 10.8. The summed E-state index contributed by atoms with van der Waals surface area (Å²) in [5.74, 6) is -2.81. The van der Waals surface area contributed by atoms with Gasteiger partial charge in [-0.15, -0.1) is 0 Å². The molecule has 0 aromatic heterocycles. The minimum atomic E-state index is -1.89. The van der Waals surface area contributed by atoms with Gasteiger partial charge >= 0.3 is 17.9 Å². The normalized spacial score (nSPS) is 26.2. The van der Waals surface area contributed by atoms with Crippen LogP contribution in [0.4, 0.5) is 0 Å². The third-order valence-corrected chi connectivity index (χ3v) is 6.09. The third kappa shape index (κ3) is 5.25. The Balaban J connectivity index is 1.63. The van der Waals surface area contributed by atoms with Crippen LogP contribution in [0.2, 0.25) is 0 Å². The molecule has 35 heavy (non-hydrogen) atoms. The van der Waals surface area contributed by atoms with E-state index >= 15 is 0 Å². The number of carboxylic acids is 1. The second-order valence-corrected chi connectivity index (χ2v) is 8.39. The summed E-state index contributed by atoms with van der Waals surface area (Å²) in [6, 6.07) is 0. The maximum Gasteiger partial charge on any atom is 0.342 e. The Morgan fingerprint density at radius 2 is 1.83 bits per heavy atom. The topological polar surface area (TPSA) is 189 Å². The van der Waals surface area contributed by atoms with E-state index in [1.165, 1.54) is 7.11 Å². The van der Waals surface area contributed by atoms with Crippen LogP contribution in [0.1, 0.15) is 46.8 Å². The van der Waals surface area contributed by atoms with E-state index in [1.54, 1.807) is 19.9 Å². The van der Waals surface area contributed by atoms with Crippen LogP contribution in [0.15, 0.2) is 11.6 Å². The van der Waals surface area contributed by atoms with E-state index in [0.717, 1.165) is 5.57 Å². The zero-order valence-corrected chi connectivity index (χ0v) is 19.4. The molecule has 0 radical (unpaired) electrons. The molecule has 1 aromatic rings. The van der Waals surface area contributed by atoms with Crippen LogP contribution < -0.4 is 4.74 Å². The predicted octanol–water partition coefficient (Wildman–Crippen LogP) is 0.0840. The molecule has 3 rings (SSSR count). The van der Waals surface area contributed by atoms with Crippen molar-refractivity contribution in [3.8, 4) is 11.5 Å². The summed E-state index contributed by atoms with van der Waals surface area (Å²) in [5.41, 5.74) is 2.51. The number of methoxy groups -OCH3 is 1. The zero-order chi connectivity index (χ0) is 26.0. The maximum atomic E-state index is 12.2. The molecule has 12 heteroatoms. The Morgan fingerprint density at radius 3 is 2.46 bits per heavy atom. The molecular formula is C23H28O12. The van der Waals surface area contributed by atoms with Crippen molar-refractivity contribution in [2.45, 2.75) is 70.4 Å². The van der Waals surface area contributed by atoms with Crippen LogP contribution in [-0.4, -0.2) is 81.3 Å². The molecule has 0 saturated carbocycles. The first-order valence-corrected chi connectivity index (χ1v) is 10.8. The number of carboxylic acid groups (broad SMARTS) is 1. The lowest BCUT2D eigenvalue weighted by molar-refractivity contribution is -0.286. The molecule has 5 N–H and O–H groups in total.